The highest BCUT2D eigenvalue weighted by Gasteiger charge is 2.15. The number of benzene rings is 1. The van der Waals surface area contributed by atoms with Crippen LogP contribution in [0.15, 0.2) is 18.2 Å². The maximum absolute atomic E-state index is 5.78. The molecule has 1 rings (SSSR count). The predicted molar refractivity (Wildman–Crippen MR) is 70.2 cm³/mol. The molecule has 1 heteroatoms. The molecule has 0 saturated heterocycles. The van der Waals surface area contributed by atoms with Crippen molar-refractivity contribution in [2.24, 2.45) is 5.92 Å². The molecule has 0 aliphatic rings. The fourth-order valence-corrected chi connectivity index (χ4v) is 1.53. The van der Waals surface area contributed by atoms with Gasteiger partial charge in [0.2, 0.25) is 0 Å². The Morgan fingerprint density at radius 2 is 1.75 bits per heavy atom. The standard InChI is InChI=1S/C15H24O/c1-11(2)10-16-14-8-12(3)7-13(9-14)15(4,5)6/h7-9,11H,10H2,1-6H3. The lowest BCUT2D eigenvalue weighted by atomic mass is 9.86. The third kappa shape index (κ3) is 3.88. The van der Waals surface area contributed by atoms with Gasteiger partial charge in [-0.25, -0.2) is 0 Å². The molecule has 0 amide bonds. The molecule has 0 heterocycles. The number of ether oxygens (including phenoxy) is 1. The van der Waals surface area contributed by atoms with Crippen LogP contribution in [0.1, 0.15) is 45.7 Å². The van der Waals surface area contributed by atoms with E-state index in [0.717, 1.165) is 12.4 Å². The number of hydrogen-bond acceptors (Lipinski definition) is 1. The van der Waals surface area contributed by atoms with Crippen LogP contribution in [-0.4, -0.2) is 6.61 Å². The largest absolute Gasteiger partial charge is 0.493 e. The van der Waals surface area contributed by atoms with E-state index in [1.807, 2.05) is 0 Å². The van der Waals surface area contributed by atoms with Gasteiger partial charge in [-0.2, -0.15) is 0 Å². The smallest absolute Gasteiger partial charge is 0.119 e. The third-order valence-electron chi connectivity index (χ3n) is 2.50. The maximum Gasteiger partial charge on any atom is 0.119 e. The van der Waals surface area contributed by atoms with E-state index in [9.17, 15) is 0 Å². The number of rotatable bonds is 3. The van der Waals surface area contributed by atoms with Crippen molar-refractivity contribution in [2.75, 3.05) is 6.61 Å². The van der Waals surface area contributed by atoms with Crippen LogP contribution in [0.2, 0.25) is 0 Å². The van der Waals surface area contributed by atoms with Gasteiger partial charge in [0.05, 0.1) is 6.61 Å². The Balaban J connectivity index is 2.90. The first-order valence-corrected chi connectivity index (χ1v) is 6.04. The van der Waals surface area contributed by atoms with Gasteiger partial charge in [-0.3, -0.25) is 0 Å². The predicted octanol–water partition coefficient (Wildman–Crippen LogP) is 4.33. The van der Waals surface area contributed by atoms with Gasteiger partial charge in [-0.1, -0.05) is 40.7 Å². The molecule has 0 spiro atoms. The first kappa shape index (κ1) is 13.1. The lowest BCUT2D eigenvalue weighted by Crippen LogP contribution is -2.12. The summed E-state index contributed by atoms with van der Waals surface area (Å²) in [5.74, 6) is 1.57. The Hall–Kier alpha value is -0.980. The van der Waals surface area contributed by atoms with Crippen molar-refractivity contribution in [3.8, 4) is 5.75 Å². The van der Waals surface area contributed by atoms with Gasteiger partial charge in [-0.15, -0.1) is 0 Å². The van der Waals surface area contributed by atoms with Gasteiger partial charge in [0.1, 0.15) is 5.75 Å². The van der Waals surface area contributed by atoms with E-state index < -0.39 is 0 Å². The Labute approximate surface area is 99.8 Å². The van der Waals surface area contributed by atoms with Gasteiger partial charge in [0, 0.05) is 0 Å². The second-order valence-corrected chi connectivity index (χ2v) is 5.99. The number of hydrogen-bond donors (Lipinski definition) is 0. The van der Waals surface area contributed by atoms with Crippen molar-refractivity contribution >= 4 is 0 Å². The van der Waals surface area contributed by atoms with Crippen LogP contribution < -0.4 is 4.74 Å². The van der Waals surface area contributed by atoms with Crippen LogP contribution in [-0.2, 0) is 5.41 Å². The van der Waals surface area contributed by atoms with Crippen LogP contribution in [0.25, 0.3) is 0 Å². The van der Waals surface area contributed by atoms with Crippen molar-refractivity contribution in [3.05, 3.63) is 29.3 Å². The fraction of sp³-hybridized carbons (Fsp3) is 0.600. The van der Waals surface area contributed by atoms with Crippen molar-refractivity contribution < 1.29 is 4.74 Å². The molecule has 1 aromatic rings. The molecule has 1 aromatic carbocycles. The SMILES string of the molecule is Cc1cc(OCC(C)C)cc(C(C)(C)C)c1. The highest BCUT2D eigenvalue weighted by molar-refractivity contribution is 5.37. The zero-order valence-electron chi connectivity index (χ0n) is 11.4. The van der Waals surface area contributed by atoms with Crippen LogP contribution in [0.3, 0.4) is 0 Å². The topological polar surface area (TPSA) is 9.23 Å². The minimum Gasteiger partial charge on any atom is -0.493 e. The van der Waals surface area contributed by atoms with Crippen LogP contribution in [0.4, 0.5) is 0 Å². The molecular formula is C15H24O. The summed E-state index contributed by atoms with van der Waals surface area (Å²) in [6.45, 7) is 13.9. The Bertz CT molecular complexity index is 345. The van der Waals surface area contributed by atoms with E-state index >= 15 is 0 Å². The molecule has 1 nitrogen and oxygen atoms in total. The highest BCUT2D eigenvalue weighted by atomic mass is 16.5. The molecule has 0 N–H and O–H groups in total. The van der Waals surface area contributed by atoms with Gasteiger partial charge in [0.25, 0.3) is 0 Å². The van der Waals surface area contributed by atoms with Crippen molar-refractivity contribution in [1.29, 1.82) is 0 Å². The molecule has 0 radical (unpaired) electrons. The molecule has 0 bridgehead atoms. The van der Waals surface area contributed by atoms with Gasteiger partial charge < -0.3 is 4.74 Å². The van der Waals surface area contributed by atoms with Crippen LogP contribution in [0.5, 0.6) is 5.75 Å². The monoisotopic (exact) mass is 220 g/mol. The molecule has 90 valence electrons. The molecule has 0 aliphatic carbocycles. The first-order chi connectivity index (χ1) is 7.29. The molecule has 0 aliphatic heterocycles. The molecule has 0 atom stereocenters. The van der Waals surface area contributed by atoms with E-state index in [2.05, 4.69) is 59.7 Å². The second-order valence-electron chi connectivity index (χ2n) is 5.99. The lowest BCUT2D eigenvalue weighted by Gasteiger charge is -2.21. The molecule has 0 saturated carbocycles. The lowest BCUT2D eigenvalue weighted by molar-refractivity contribution is 0.270. The van der Waals surface area contributed by atoms with Crippen molar-refractivity contribution in [1.82, 2.24) is 0 Å². The average Bonchev–Trinajstić information content (AvgIpc) is 2.12. The van der Waals surface area contributed by atoms with Gasteiger partial charge >= 0.3 is 0 Å². The zero-order chi connectivity index (χ0) is 12.3. The minimum absolute atomic E-state index is 0.183. The van der Waals surface area contributed by atoms with Crippen molar-refractivity contribution in [2.45, 2.75) is 47.0 Å². The molecule has 0 fully saturated rings. The summed E-state index contributed by atoms with van der Waals surface area (Å²) in [4.78, 5) is 0. The first-order valence-electron chi connectivity index (χ1n) is 6.04. The Morgan fingerprint density at radius 3 is 2.25 bits per heavy atom. The minimum atomic E-state index is 0.183. The van der Waals surface area contributed by atoms with Gasteiger partial charge in [-0.05, 0) is 41.5 Å². The molecule has 0 aromatic heterocycles. The van der Waals surface area contributed by atoms with Gasteiger partial charge in [0.15, 0.2) is 0 Å². The summed E-state index contributed by atoms with van der Waals surface area (Å²) in [5, 5.41) is 0. The van der Waals surface area contributed by atoms with E-state index in [1.165, 1.54) is 11.1 Å². The number of aryl methyl sites for hydroxylation is 1. The van der Waals surface area contributed by atoms with Crippen LogP contribution >= 0.6 is 0 Å². The van der Waals surface area contributed by atoms with E-state index in [-0.39, 0.29) is 5.41 Å². The quantitative estimate of drug-likeness (QED) is 0.737. The van der Waals surface area contributed by atoms with Crippen LogP contribution in [0, 0.1) is 12.8 Å². The van der Waals surface area contributed by atoms with E-state index in [0.29, 0.717) is 5.92 Å². The van der Waals surface area contributed by atoms with E-state index in [4.69, 9.17) is 4.74 Å². The Morgan fingerprint density at radius 1 is 1.12 bits per heavy atom. The highest BCUT2D eigenvalue weighted by Crippen LogP contribution is 2.27. The molecule has 16 heavy (non-hydrogen) atoms. The zero-order valence-corrected chi connectivity index (χ0v) is 11.4. The third-order valence-corrected chi connectivity index (χ3v) is 2.50. The normalized spacial score (nSPS) is 11.9. The summed E-state index contributed by atoms with van der Waals surface area (Å²) in [6.07, 6.45) is 0. The second kappa shape index (κ2) is 4.90. The Kier molecular flexibility index (Phi) is 4.01. The maximum atomic E-state index is 5.78. The average molecular weight is 220 g/mol. The summed E-state index contributed by atoms with van der Waals surface area (Å²) >= 11 is 0. The molecular weight excluding hydrogens is 196 g/mol. The van der Waals surface area contributed by atoms with E-state index in [1.54, 1.807) is 0 Å². The fourth-order valence-electron chi connectivity index (χ4n) is 1.53. The van der Waals surface area contributed by atoms with Crippen molar-refractivity contribution in [3.63, 3.8) is 0 Å². The summed E-state index contributed by atoms with van der Waals surface area (Å²) < 4.78 is 5.78. The molecule has 0 unspecified atom stereocenters. The summed E-state index contributed by atoms with van der Waals surface area (Å²) in [5.41, 5.74) is 2.79. The summed E-state index contributed by atoms with van der Waals surface area (Å²) in [7, 11) is 0. The summed E-state index contributed by atoms with van der Waals surface area (Å²) in [6, 6.07) is 6.51.